The molecule has 0 bridgehead atoms. The molecule has 76 valence electrons. The number of rotatable bonds is 0. The quantitative estimate of drug-likeness (QED) is 0.599. The lowest BCUT2D eigenvalue weighted by molar-refractivity contribution is -0.0115. The molecule has 1 saturated heterocycles. The summed E-state index contributed by atoms with van der Waals surface area (Å²) in [5.41, 5.74) is 0.245. The van der Waals surface area contributed by atoms with Crippen LogP contribution >= 0.6 is 0 Å². The third kappa shape index (κ3) is 1.89. The van der Waals surface area contributed by atoms with Crippen molar-refractivity contribution in [1.29, 1.82) is 0 Å². The average molecular weight is 183 g/mol. The third-order valence-corrected chi connectivity index (χ3v) is 3.88. The van der Waals surface area contributed by atoms with Gasteiger partial charge in [-0.2, -0.15) is 0 Å². The van der Waals surface area contributed by atoms with E-state index in [1.54, 1.807) is 0 Å². The lowest BCUT2D eigenvalue weighted by Gasteiger charge is -2.41. The van der Waals surface area contributed by atoms with Crippen LogP contribution in [0.5, 0.6) is 0 Å². The van der Waals surface area contributed by atoms with Crippen molar-refractivity contribution >= 4 is 0 Å². The van der Waals surface area contributed by atoms with Crippen molar-refractivity contribution in [3.63, 3.8) is 0 Å². The summed E-state index contributed by atoms with van der Waals surface area (Å²) >= 11 is 0. The minimum atomic E-state index is -0.0353. The summed E-state index contributed by atoms with van der Waals surface area (Å²) in [4.78, 5) is 0. The first-order valence-corrected chi connectivity index (χ1v) is 5.72. The fourth-order valence-corrected chi connectivity index (χ4v) is 2.94. The minimum Gasteiger partial charge on any atom is -0.392 e. The Morgan fingerprint density at radius 1 is 1.08 bits per heavy atom. The van der Waals surface area contributed by atoms with E-state index in [9.17, 15) is 5.11 Å². The maximum Gasteiger partial charge on any atom is 0.0620 e. The number of aliphatic hydroxyl groups excluding tert-OH is 1. The van der Waals surface area contributed by atoms with Crippen LogP contribution in [-0.2, 0) is 0 Å². The Kier molecular flexibility index (Phi) is 2.89. The van der Waals surface area contributed by atoms with Crippen molar-refractivity contribution in [2.24, 2.45) is 5.41 Å². The van der Waals surface area contributed by atoms with Gasteiger partial charge in [-0.25, -0.2) is 0 Å². The number of aliphatic hydroxyl groups is 1. The highest BCUT2D eigenvalue weighted by Gasteiger charge is 2.39. The van der Waals surface area contributed by atoms with Gasteiger partial charge in [-0.05, 0) is 25.8 Å². The monoisotopic (exact) mass is 183 g/mol. The van der Waals surface area contributed by atoms with Crippen molar-refractivity contribution in [2.45, 2.75) is 51.0 Å². The van der Waals surface area contributed by atoms with Crippen molar-refractivity contribution < 1.29 is 5.11 Å². The molecule has 0 aromatic rings. The molecule has 1 spiro atoms. The van der Waals surface area contributed by atoms with E-state index in [1.807, 2.05) is 0 Å². The first-order valence-electron chi connectivity index (χ1n) is 5.72. The summed E-state index contributed by atoms with van der Waals surface area (Å²) in [6, 6.07) is 0. The molecule has 2 aliphatic rings. The van der Waals surface area contributed by atoms with E-state index in [0.29, 0.717) is 0 Å². The zero-order chi connectivity index (χ0) is 9.15. The van der Waals surface area contributed by atoms with Gasteiger partial charge in [-0.15, -0.1) is 0 Å². The second kappa shape index (κ2) is 3.97. The van der Waals surface area contributed by atoms with Gasteiger partial charge in [0.15, 0.2) is 0 Å². The van der Waals surface area contributed by atoms with E-state index < -0.39 is 0 Å². The molecule has 1 aliphatic carbocycles. The Morgan fingerprint density at radius 2 is 1.77 bits per heavy atom. The maximum atomic E-state index is 10.1. The van der Waals surface area contributed by atoms with Crippen LogP contribution in [0.3, 0.4) is 0 Å². The van der Waals surface area contributed by atoms with E-state index in [4.69, 9.17) is 0 Å². The lowest BCUT2D eigenvalue weighted by atomic mass is 9.72. The Morgan fingerprint density at radius 3 is 2.38 bits per heavy atom. The molecule has 0 amide bonds. The summed E-state index contributed by atoms with van der Waals surface area (Å²) in [6.07, 6.45) is 8.77. The summed E-state index contributed by atoms with van der Waals surface area (Å²) in [6.45, 7) is 2.05. The standard InChI is InChI=1S/C11H21NO/c13-10-5-8-12-9-11(10)6-3-1-2-4-7-11/h10,12-13H,1-9H2. The molecule has 1 unspecified atom stereocenters. The normalized spacial score (nSPS) is 34.4. The van der Waals surface area contributed by atoms with Gasteiger partial charge in [0.1, 0.15) is 0 Å². The zero-order valence-corrected chi connectivity index (χ0v) is 8.39. The van der Waals surface area contributed by atoms with Gasteiger partial charge in [0.2, 0.25) is 0 Å². The van der Waals surface area contributed by atoms with Gasteiger partial charge >= 0.3 is 0 Å². The van der Waals surface area contributed by atoms with E-state index in [2.05, 4.69) is 5.32 Å². The molecule has 2 nitrogen and oxygen atoms in total. The molecule has 1 heterocycles. The SMILES string of the molecule is OC1CCNCC12CCCCCC2. The summed E-state index contributed by atoms with van der Waals surface area (Å²) in [5, 5.41) is 13.5. The van der Waals surface area contributed by atoms with Crippen LogP contribution in [0, 0.1) is 5.41 Å². The van der Waals surface area contributed by atoms with Crippen molar-refractivity contribution in [3.8, 4) is 0 Å². The second-order valence-electron chi connectivity index (χ2n) is 4.76. The predicted octanol–water partition coefficient (Wildman–Crippen LogP) is 1.68. The number of hydrogen-bond acceptors (Lipinski definition) is 2. The van der Waals surface area contributed by atoms with Crippen LogP contribution in [-0.4, -0.2) is 24.3 Å². The van der Waals surface area contributed by atoms with Crippen LogP contribution in [0.2, 0.25) is 0 Å². The molecule has 2 heteroatoms. The second-order valence-corrected chi connectivity index (χ2v) is 4.76. The number of nitrogens with one attached hydrogen (secondary N) is 1. The van der Waals surface area contributed by atoms with Gasteiger partial charge in [0.05, 0.1) is 6.10 Å². The largest absolute Gasteiger partial charge is 0.392 e. The van der Waals surface area contributed by atoms with Crippen molar-refractivity contribution in [2.75, 3.05) is 13.1 Å². The van der Waals surface area contributed by atoms with Crippen molar-refractivity contribution in [3.05, 3.63) is 0 Å². The van der Waals surface area contributed by atoms with Gasteiger partial charge in [-0.1, -0.05) is 25.7 Å². The molecule has 1 aliphatic heterocycles. The first-order chi connectivity index (χ1) is 6.33. The van der Waals surface area contributed by atoms with E-state index >= 15 is 0 Å². The summed E-state index contributed by atoms with van der Waals surface area (Å²) in [7, 11) is 0. The molecule has 2 N–H and O–H groups in total. The highest BCUT2D eigenvalue weighted by Crippen LogP contribution is 2.40. The third-order valence-electron chi connectivity index (χ3n) is 3.88. The van der Waals surface area contributed by atoms with Crippen LogP contribution in [0.15, 0.2) is 0 Å². The van der Waals surface area contributed by atoms with Gasteiger partial charge in [0, 0.05) is 12.0 Å². The molecule has 0 aromatic heterocycles. The molecular formula is C11H21NO. The Hall–Kier alpha value is -0.0800. The fraction of sp³-hybridized carbons (Fsp3) is 1.00. The lowest BCUT2D eigenvalue weighted by Crippen LogP contribution is -2.49. The van der Waals surface area contributed by atoms with Crippen LogP contribution in [0.4, 0.5) is 0 Å². The summed E-state index contributed by atoms with van der Waals surface area (Å²) in [5.74, 6) is 0. The molecule has 2 rings (SSSR count). The van der Waals surface area contributed by atoms with Gasteiger partial charge in [-0.3, -0.25) is 0 Å². The van der Waals surface area contributed by atoms with Crippen LogP contribution in [0.25, 0.3) is 0 Å². The highest BCUT2D eigenvalue weighted by molar-refractivity contribution is 4.93. The van der Waals surface area contributed by atoms with Crippen LogP contribution in [0.1, 0.15) is 44.9 Å². The Balaban J connectivity index is 2.05. The highest BCUT2D eigenvalue weighted by atomic mass is 16.3. The molecule has 13 heavy (non-hydrogen) atoms. The van der Waals surface area contributed by atoms with Gasteiger partial charge < -0.3 is 10.4 Å². The Bertz CT molecular complexity index is 161. The van der Waals surface area contributed by atoms with E-state index in [-0.39, 0.29) is 11.5 Å². The first kappa shape index (κ1) is 9.47. The number of piperidine rings is 1. The summed E-state index contributed by atoms with van der Waals surface area (Å²) < 4.78 is 0. The smallest absolute Gasteiger partial charge is 0.0620 e. The van der Waals surface area contributed by atoms with E-state index in [1.165, 1.54) is 38.5 Å². The van der Waals surface area contributed by atoms with E-state index in [0.717, 1.165) is 19.5 Å². The Labute approximate surface area is 80.7 Å². The molecular weight excluding hydrogens is 162 g/mol. The van der Waals surface area contributed by atoms with Crippen molar-refractivity contribution in [1.82, 2.24) is 5.32 Å². The fourth-order valence-electron chi connectivity index (χ4n) is 2.94. The zero-order valence-electron chi connectivity index (χ0n) is 8.39. The maximum absolute atomic E-state index is 10.1. The predicted molar refractivity (Wildman–Crippen MR) is 53.6 cm³/mol. The molecule has 1 atom stereocenters. The van der Waals surface area contributed by atoms with Gasteiger partial charge in [0.25, 0.3) is 0 Å². The molecule has 0 radical (unpaired) electrons. The number of hydrogen-bond donors (Lipinski definition) is 2. The molecule has 2 fully saturated rings. The van der Waals surface area contributed by atoms with Crippen LogP contribution < -0.4 is 5.32 Å². The average Bonchev–Trinajstić information content (AvgIpc) is 2.37. The molecule has 1 saturated carbocycles. The molecule has 0 aromatic carbocycles. The topological polar surface area (TPSA) is 32.3 Å². The minimum absolute atomic E-state index is 0.0353.